The number of halogens is 1. The van der Waals surface area contributed by atoms with Crippen molar-refractivity contribution in [2.24, 2.45) is 0 Å². The molecule has 0 spiro atoms. The number of benzene rings is 1. The molecule has 2 aromatic heterocycles. The minimum Gasteiger partial charge on any atom is -0.465 e. The van der Waals surface area contributed by atoms with Gasteiger partial charge in [-0.1, -0.05) is 11.6 Å². The summed E-state index contributed by atoms with van der Waals surface area (Å²) >= 11 is 6.15. The van der Waals surface area contributed by atoms with E-state index in [2.05, 4.69) is 15.6 Å². The molecule has 2 heterocycles. The molecule has 0 aliphatic rings. The zero-order valence-corrected chi connectivity index (χ0v) is 14.4. The van der Waals surface area contributed by atoms with Crippen LogP contribution in [0.3, 0.4) is 0 Å². The van der Waals surface area contributed by atoms with Gasteiger partial charge in [-0.05, 0) is 42.5 Å². The van der Waals surface area contributed by atoms with Crippen LogP contribution in [0.4, 0.5) is 17.2 Å². The van der Waals surface area contributed by atoms with Gasteiger partial charge in [-0.2, -0.15) is 0 Å². The van der Waals surface area contributed by atoms with Gasteiger partial charge in [0.2, 0.25) is 0 Å². The summed E-state index contributed by atoms with van der Waals surface area (Å²) in [5.74, 6) is -0.289. The summed E-state index contributed by atoms with van der Waals surface area (Å²) in [4.78, 5) is 27.7. The second-order valence-electron chi connectivity index (χ2n) is 5.17. The van der Waals surface area contributed by atoms with Crippen LogP contribution in [0.25, 0.3) is 0 Å². The van der Waals surface area contributed by atoms with E-state index in [1.54, 1.807) is 42.5 Å². The maximum Gasteiger partial charge on any atom is 0.337 e. The minimum absolute atomic E-state index is 0.195. The molecule has 26 heavy (non-hydrogen) atoms. The van der Waals surface area contributed by atoms with Crippen molar-refractivity contribution in [3.63, 3.8) is 0 Å². The number of hydrogen-bond donors (Lipinski definition) is 2. The standard InChI is InChI=1S/C18H14ClN3O4/c1-25-18(24)11-4-6-13(19)14(9-11)21-12-5-7-16(20-10-12)22-17(23)15-3-2-8-26-15/h2-10,21H,1H3,(H,20,22,23). The topological polar surface area (TPSA) is 93.5 Å². The number of anilines is 3. The number of carbonyl (C=O) groups excluding carboxylic acids is 2. The van der Waals surface area contributed by atoms with Crippen molar-refractivity contribution in [2.45, 2.75) is 0 Å². The van der Waals surface area contributed by atoms with E-state index in [0.29, 0.717) is 27.8 Å². The smallest absolute Gasteiger partial charge is 0.337 e. The zero-order valence-electron chi connectivity index (χ0n) is 13.7. The second-order valence-corrected chi connectivity index (χ2v) is 5.58. The van der Waals surface area contributed by atoms with E-state index >= 15 is 0 Å². The summed E-state index contributed by atoms with van der Waals surface area (Å²) in [7, 11) is 1.31. The number of nitrogens with zero attached hydrogens (tertiary/aromatic N) is 1. The summed E-state index contributed by atoms with van der Waals surface area (Å²) in [5, 5.41) is 6.12. The van der Waals surface area contributed by atoms with Gasteiger partial charge in [-0.25, -0.2) is 9.78 Å². The predicted molar refractivity (Wildman–Crippen MR) is 97.0 cm³/mol. The summed E-state index contributed by atoms with van der Waals surface area (Å²) in [6.45, 7) is 0. The van der Waals surface area contributed by atoms with Crippen molar-refractivity contribution in [1.82, 2.24) is 4.98 Å². The Bertz CT molecular complexity index is 924. The fourth-order valence-electron chi connectivity index (χ4n) is 2.15. The Morgan fingerprint density at radius 1 is 1.19 bits per heavy atom. The molecule has 132 valence electrons. The molecule has 1 amide bonds. The molecule has 0 saturated carbocycles. The van der Waals surface area contributed by atoms with Crippen molar-refractivity contribution < 1.29 is 18.7 Å². The van der Waals surface area contributed by atoms with Gasteiger partial charge in [0.25, 0.3) is 5.91 Å². The van der Waals surface area contributed by atoms with E-state index in [0.717, 1.165) is 0 Å². The third-order valence-electron chi connectivity index (χ3n) is 3.42. The number of ether oxygens (including phenoxy) is 1. The van der Waals surface area contributed by atoms with E-state index in [1.165, 1.54) is 19.6 Å². The van der Waals surface area contributed by atoms with Gasteiger partial charge in [0.15, 0.2) is 5.76 Å². The van der Waals surface area contributed by atoms with Gasteiger partial charge in [-0.15, -0.1) is 0 Å². The van der Waals surface area contributed by atoms with Crippen LogP contribution in [0.5, 0.6) is 0 Å². The molecule has 0 aliphatic heterocycles. The number of pyridine rings is 1. The highest BCUT2D eigenvalue weighted by molar-refractivity contribution is 6.33. The third kappa shape index (κ3) is 4.01. The van der Waals surface area contributed by atoms with E-state index < -0.39 is 11.9 Å². The summed E-state index contributed by atoms with van der Waals surface area (Å²) in [6.07, 6.45) is 2.94. The predicted octanol–water partition coefficient (Wildman–Crippen LogP) is 4.11. The summed E-state index contributed by atoms with van der Waals surface area (Å²) < 4.78 is 9.71. The Morgan fingerprint density at radius 3 is 2.69 bits per heavy atom. The number of carbonyl (C=O) groups is 2. The van der Waals surface area contributed by atoms with Crippen LogP contribution < -0.4 is 10.6 Å². The maximum absolute atomic E-state index is 11.9. The Kier molecular flexibility index (Phi) is 5.19. The van der Waals surface area contributed by atoms with E-state index in [-0.39, 0.29) is 5.76 Å². The first-order valence-corrected chi connectivity index (χ1v) is 7.90. The fourth-order valence-corrected chi connectivity index (χ4v) is 2.31. The molecular weight excluding hydrogens is 358 g/mol. The molecule has 1 aromatic carbocycles. The van der Waals surface area contributed by atoms with Gasteiger partial charge < -0.3 is 19.8 Å². The first-order chi connectivity index (χ1) is 12.6. The van der Waals surface area contributed by atoms with Gasteiger partial charge in [0.1, 0.15) is 5.82 Å². The monoisotopic (exact) mass is 371 g/mol. The number of furan rings is 1. The first-order valence-electron chi connectivity index (χ1n) is 7.52. The molecule has 0 fully saturated rings. The average Bonchev–Trinajstić information content (AvgIpc) is 3.19. The molecular formula is C18H14ClN3O4. The lowest BCUT2D eigenvalue weighted by Gasteiger charge is -2.10. The summed E-state index contributed by atoms with van der Waals surface area (Å²) in [6, 6.07) is 11.3. The average molecular weight is 372 g/mol. The Labute approximate surface area is 153 Å². The van der Waals surface area contributed by atoms with Gasteiger partial charge in [-0.3, -0.25) is 4.79 Å². The highest BCUT2D eigenvalue weighted by Crippen LogP contribution is 2.27. The molecule has 0 radical (unpaired) electrons. The third-order valence-corrected chi connectivity index (χ3v) is 3.75. The lowest BCUT2D eigenvalue weighted by atomic mass is 10.2. The quantitative estimate of drug-likeness (QED) is 0.655. The second kappa shape index (κ2) is 7.71. The fraction of sp³-hybridized carbons (Fsp3) is 0.0556. The molecule has 3 aromatic rings. The number of rotatable bonds is 5. The van der Waals surface area contributed by atoms with Crippen molar-refractivity contribution in [3.8, 4) is 0 Å². The molecule has 0 unspecified atom stereocenters. The van der Waals surface area contributed by atoms with Crippen molar-refractivity contribution in [2.75, 3.05) is 17.7 Å². The van der Waals surface area contributed by atoms with Crippen molar-refractivity contribution >= 4 is 40.7 Å². The highest BCUT2D eigenvalue weighted by atomic mass is 35.5. The number of esters is 1. The first kappa shape index (κ1) is 17.5. The molecule has 0 aliphatic carbocycles. The van der Waals surface area contributed by atoms with E-state index in [9.17, 15) is 9.59 Å². The van der Waals surface area contributed by atoms with Crippen LogP contribution in [0, 0.1) is 0 Å². The lowest BCUT2D eigenvalue weighted by molar-refractivity contribution is 0.0600. The molecule has 8 heteroatoms. The van der Waals surface area contributed by atoms with E-state index in [4.69, 9.17) is 20.8 Å². The van der Waals surface area contributed by atoms with Crippen molar-refractivity contribution in [3.05, 3.63) is 71.3 Å². The number of aromatic nitrogens is 1. The van der Waals surface area contributed by atoms with Crippen LogP contribution in [0.1, 0.15) is 20.9 Å². The normalized spacial score (nSPS) is 10.2. The molecule has 2 N–H and O–H groups in total. The maximum atomic E-state index is 11.9. The zero-order chi connectivity index (χ0) is 18.5. The van der Waals surface area contributed by atoms with Crippen LogP contribution in [-0.2, 0) is 4.74 Å². The summed E-state index contributed by atoms with van der Waals surface area (Å²) in [5.41, 5.74) is 1.53. The number of methoxy groups -OCH3 is 1. The molecule has 0 bridgehead atoms. The Balaban J connectivity index is 1.71. The van der Waals surface area contributed by atoms with Crippen molar-refractivity contribution in [1.29, 1.82) is 0 Å². The highest BCUT2D eigenvalue weighted by Gasteiger charge is 2.11. The molecule has 3 rings (SSSR count). The Hall–Kier alpha value is -3.32. The van der Waals surface area contributed by atoms with Crippen LogP contribution in [-0.4, -0.2) is 24.0 Å². The number of hydrogen-bond acceptors (Lipinski definition) is 6. The number of amides is 1. The minimum atomic E-state index is -0.459. The van der Waals surface area contributed by atoms with Gasteiger partial charge >= 0.3 is 5.97 Å². The van der Waals surface area contributed by atoms with Gasteiger partial charge in [0.05, 0.1) is 41.5 Å². The number of nitrogens with one attached hydrogen (secondary N) is 2. The van der Waals surface area contributed by atoms with Crippen LogP contribution >= 0.6 is 11.6 Å². The largest absolute Gasteiger partial charge is 0.465 e. The SMILES string of the molecule is COC(=O)c1ccc(Cl)c(Nc2ccc(NC(=O)c3ccco3)nc2)c1. The van der Waals surface area contributed by atoms with Crippen LogP contribution in [0.15, 0.2) is 59.3 Å². The van der Waals surface area contributed by atoms with Gasteiger partial charge in [0, 0.05) is 0 Å². The molecule has 0 atom stereocenters. The lowest BCUT2D eigenvalue weighted by Crippen LogP contribution is -2.11. The van der Waals surface area contributed by atoms with Crippen LogP contribution in [0.2, 0.25) is 5.02 Å². The molecule has 7 nitrogen and oxygen atoms in total. The van der Waals surface area contributed by atoms with E-state index in [1.807, 2.05) is 0 Å². The Morgan fingerprint density at radius 2 is 2.04 bits per heavy atom. The molecule has 0 saturated heterocycles.